The summed E-state index contributed by atoms with van der Waals surface area (Å²) in [6.45, 7) is 1.79. The zero-order valence-electron chi connectivity index (χ0n) is 8.13. The number of benzene rings is 1. The van der Waals surface area contributed by atoms with E-state index in [1.165, 1.54) is 18.2 Å². The van der Waals surface area contributed by atoms with Crippen LogP contribution >= 0.6 is 11.6 Å². The van der Waals surface area contributed by atoms with E-state index in [4.69, 9.17) is 16.3 Å². The first-order chi connectivity index (χ1) is 7.13. The van der Waals surface area contributed by atoms with E-state index in [0.29, 0.717) is 12.4 Å². The monoisotopic (exact) mass is 232 g/mol. The van der Waals surface area contributed by atoms with Crippen LogP contribution < -0.4 is 4.74 Å². The van der Waals surface area contributed by atoms with Crippen LogP contribution in [-0.2, 0) is 9.53 Å². The van der Waals surface area contributed by atoms with Gasteiger partial charge in [0.15, 0.2) is 6.61 Å². The molecule has 0 radical (unpaired) electrons. The standard InChI is InChI=1S/C10H10ClFO3/c1-2-14-10(13)6-15-7-3-4-9(12)8(11)5-7/h3-5H,2,6H2,1H3. The third-order valence-corrected chi connectivity index (χ3v) is 1.84. The van der Waals surface area contributed by atoms with Crippen LogP contribution in [0.15, 0.2) is 18.2 Å². The van der Waals surface area contributed by atoms with E-state index < -0.39 is 11.8 Å². The predicted molar refractivity (Wildman–Crippen MR) is 53.5 cm³/mol. The fourth-order valence-electron chi connectivity index (χ4n) is 0.912. The lowest BCUT2D eigenvalue weighted by Crippen LogP contribution is -2.14. The highest BCUT2D eigenvalue weighted by atomic mass is 35.5. The number of hydrogen-bond donors (Lipinski definition) is 0. The summed E-state index contributed by atoms with van der Waals surface area (Å²) >= 11 is 5.52. The molecule has 0 aliphatic heterocycles. The van der Waals surface area contributed by atoms with Gasteiger partial charge in [-0.15, -0.1) is 0 Å². The molecule has 15 heavy (non-hydrogen) atoms. The Morgan fingerprint density at radius 2 is 2.27 bits per heavy atom. The lowest BCUT2D eigenvalue weighted by molar-refractivity contribution is -0.145. The smallest absolute Gasteiger partial charge is 0.344 e. The summed E-state index contributed by atoms with van der Waals surface area (Å²) in [6.07, 6.45) is 0. The first-order valence-electron chi connectivity index (χ1n) is 4.37. The van der Waals surface area contributed by atoms with E-state index in [-0.39, 0.29) is 11.6 Å². The van der Waals surface area contributed by atoms with E-state index in [1.54, 1.807) is 6.92 Å². The Kier molecular flexibility index (Phi) is 4.37. The molecular weight excluding hydrogens is 223 g/mol. The highest BCUT2D eigenvalue weighted by Crippen LogP contribution is 2.20. The predicted octanol–water partition coefficient (Wildman–Crippen LogP) is 2.42. The van der Waals surface area contributed by atoms with Crippen molar-refractivity contribution in [3.05, 3.63) is 29.0 Å². The molecule has 0 aromatic heterocycles. The highest BCUT2D eigenvalue weighted by Gasteiger charge is 2.05. The molecule has 0 saturated heterocycles. The molecule has 1 aromatic carbocycles. The summed E-state index contributed by atoms with van der Waals surface area (Å²) in [5.41, 5.74) is 0. The number of rotatable bonds is 4. The van der Waals surface area contributed by atoms with E-state index >= 15 is 0 Å². The van der Waals surface area contributed by atoms with Crippen LogP contribution in [0.1, 0.15) is 6.92 Å². The highest BCUT2D eigenvalue weighted by molar-refractivity contribution is 6.30. The van der Waals surface area contributed by atoms with E-state index in [0.717, 1.165) is 0 Å². The zero-order chi connectivity index (χ0) is 11.3. The first kappa shape index (κ1) is 11.8. The Morgan fingerprint density at radius 3 is 2.87 bits per heavy atom. The molecule has 0 aliphatic rings. The van der Waals surface area contributed by atoms with Gasteiger partial charge >= 0.3 is 5.97 Å². The topological polar surface area (TPSA) is 35.5 Å². The molecule has 5 heteroatoms. The molecule has 82 valence electrons. The van der Waals surface area contributed by atoms with E-state index in [2.05, 4.69) is 4.74 Å². The van der Waals surface area contributed by atoms with Crippen molar-refractivity contribution in [2.24, 2.45) is 0 Å². The molecule has 0 bridgehead atoms. The van der Waals surface area contributed by atoms with Crippen LogP contribution in [0.3, 0.4) is 0 Å². The van der Waals surface area contributed by atoms with Gasteiger partial charge in [0.1, 0.15) is 11.6 Å². The number of halogens is 2. The van der Waals surface area contributed by atoms with E-state index in [1.807, 2.05) is 0 Å². The Hall–Kier alpha value is -1.29. The van der Waals surface area contributed by atoms with Gasteiger partial charge in [0.05, 0.1) is 11.6 Å². The van der Waals surface area contributed by atoms with Gasteiger partial charge in [-0.3, -0.25) is 0 Å². The minimum Gasteiger partial charge on any atom is -0.482 e. The third kappa shape index (κ3) is 3.75. The van der Waals surface area contributed by atoms with Crippen LogP contribution in [0.5, 0.6) is 5.75 Å². The molecule has 0 fully saturated rings. The van der Waals surface area contributed by atoms with Gasteiger partial charge in [0.25, 0.3) is 0 Å². The molecule has 0 heterocycles. The van der Waals surface area contributed by atoms with Crippen LogP contribution in [-0.4, -0.2) is 19.2 Å². The number of carbonyl (C=O) groups excluding carboxylic acids is 1. The minimum atomic E-state index is -0.528. The van der Waals surface area contributed by atoms with Gasteiger partial charge in [0, 0.05) is 6.07 Å². The summed E-state index contributed by atoms with van der Waals surface area (Å²) in [5.74, 6) is -0.674. The first-order valence-corrected chi connectivity index (χ1v) is 4.74. The molecule has 0 aliphatic carbocycles. The Bertz CT molecular complexity index is 355. The second kappa shape index (κ2) is 5.56. The average Bonchev–Trinajstić information content (AvgIpc) is 2.20. The summed E-state index contributed by atoms with van der Waals surface area (Å²) < 4.78 is 22.4. The summed E-state index contributed by atoms with van der Waals surface area (Å²) in [5, 5.41) is -0.0450. The number of ether oxygens (including phenoxy) is 2. The van der Waals surface area contributed by atoms with Crippen molar-refractivity contribution in [2.45, 2.75) is 6.92 Å². The van der Waals surface area contributed by atoms with Crippen molar-refractivity contribution < 1.29 is 18.7 Å². The summed E-state index contributed by atoms with van der Waals surface area (Å²) in [4.78, 5) is 10.9. The van der Waals surface area contributed by atoms with Crippen molar-refractivity contribution in [1.29, 1.82) is 0 Å². The van der Waals surface area contributed by atoms with Crippen molar-refractivity contribution in [2.75, 3.05) is 13.2 Å². The molecule has 0 spiro atoms. The van der Waals surface area contributed by atoms with Gasteiger partial charge in [0.2, 0.25) is 0 Å². The van der Waals surface area contributed by atoms with Crippen LogP contribution in [0.2, 0.25) is 5.02 Å². The molecule has 3 nitrogen and oxygen atoms in total. The van der Waals surface area contributed by atoms with Gasteiger partial charge in [-0.25, -0.2) is 9.18 Å². The van der Waals surface area contributed by atoms with E-state index in [9.17, 15) is 9.18 Å². The quantitative estimate of drug-likeness (QED) is 0.748. The second-order valence-electron chi connectivity index (χ2n) is 2.67. The largest absolute Gasteiger partial charge is 0.482 e. The number of carbonyl (C=O) groups is 1. The van der Waals surface area contributed by atoms with Crippen LogP contribution in [0, 0.1) is 5.82 Å². The van der Waals surface area contributed by atoms with Crippen molar-refractivity contribution in [3.8, 4) is 5.75 Å². The molecule has 1 rings (SSSR count). The lowest BCUT2D eigenvalue weighted by Gasteiger charge is -2.05. The summed E-state index contributed by atoms with van der Waals surface area (Å²) in [7, 11) is 0. The Labute approximate surface area is 91.7 Å². The van der Waals surface area contributed by atoms with Crippen LogP contribution in [0.25, 0.3) is 0 Å². The average molecular weight is 233 g/mol. The Morgan fingerprint density at radius 1 is 1.53 bits per heavy atom. The maximum Gasteiger partial charge on any atom is 0.344 e. The molecule has 0 unspecified atom stereocenters. The van der Waals surface area contributed by atoms with Gasteiger partial charge in [-0.1, -0.05) is 11.6 Å². The molecule has 0 saturated carbocycles. The SMILES string of the molecule is CCOC(=O)COc1ccc(F)c(Cl)c1. The van der Waals surface area contributed by atoms with Gasteiger partial charge < -0.3 is 9.47 Å². The van der Waals surface area contributed by atoms with Crippen molar-refractivity contribution >= 4 is 17.6 Å². The normalized spacial score (nSPS) is 9.80. The molecule has 0 atom stereocenters. The van der Waals surface area contributed by atoms with Crippen LogP contribution in [0.4, 0.5) is 4.39 Å². The summed E-state index contributed by atoms with van der Waals surface area (Å²) in [6, 6.07) is 3.86. The molecule has 0 amide bonds. The number of hydrogen-bond acceptors (Lipinski definition) is 3. The molecule has 1 aromatic rings. The fraction of sp³-hybridized carbons (Fsp3) is 0.300. The van der Waals surface area contributed by atoms with Crippen molar-refractivity contribution in [3.63, 3.8) is 0 Å². The lowest BCUT2D eigenvalue weighted by atomic mass is 10.3. The molecule has 0 N–H and O–H groups in total. The Balaban J connectivity index is 2.51. The van der Waals surface area contributed by atoms with Crippen molar-refractivity contribution in [1.82, 2.24) is 0 Å². The van der Waals surface area contributed by atoms with Gasteiger partial charge in [-0.05, 0) is 19.1 Å². The number of esters is 1. The maximum absolute atomic E-state index is 12.7. The fourth-order valence-corrected chi connectivity index (χ4v) is 1.08. The molecular formula is C10H10ClFO3. The third-order valence-electron chi connectivity index (χ3n) is 1.55. The van der Waals surface area contributed by atoms with Gasteiger partial charge in [-0.2, -0.15) is 0 Å². The zero-order valence-corrected chi connectivity index (χ0v) is 8.88. The maximum atomic E-state index is 12.7. The second-order valence-corrected chi connectivity index (χ2v) is 3.08. The minimum absolute atomic E-state index is 0.0450.